The summed E-state index contributed by atoms with van der Waals surface area (Å²) in [7, 11) is 1.88. The van der Waals surface area contributed by atoms with Crippen LogP contribution in [-0.4, -0.2) is 25.7 Å². The molecule has 1 amide bonds. The maximum Gasteiger partial charge on any atom is 0.261 e. The largest absolute Gasteiger partial charge is 0.347 e. The molecule has 3 aromatic heterocycles. The van der Waals surface area contributed by atoms with Crippen LogP contribution in [0.25, 0.3) is 10.2 Å². The molecule has 0 fully saturated rings. The molecule has 0 aliphatic rings. The number of carbonyl (C=O) groups is 1. The summed E-state index contributed by atoms with van der Waals surface area (Å²) in [5.41, 5.74) is 3.37. The molecule has 0 radical (unpaired) electrons. The van der Waals surface area contributed by atoms with Crippen molar-refractivity contribution in [3.8, 4) is 0 Å². The van der Waals surface area contributed by atoms with Crippen molar-refractivity contribution in [2.24, 2.45) is 7.05 Å². The summed E-state index contributed by atoms with van der Waals surface area (Å²) in [6.45, 7) is 6.06. The van der Waals surface area contributed by atoms with Gasteiger partial charge >= 0.3 is 0 Å². The number of thiophene rings is 1. The van der Waals surface area contributed by atoms with E-state index in [1.54, 1.807) is 11.6 Å². The van der Waals surface area contributed by atoms with Gasteiger partial charge in [-0.1, -0.05) is 0 Å². The first-order valence-corrected chi connectivity index (χ1v) is 7.96. The van der Waals surface area contributed by atoms with Crippen molar-refractivity contribution in [2.45, 2.75) is 27.3 Å². The predicted molar refractivity (Wildman–Crippen MR) is 88.8 cm³/mol. The highest BCUT2D eigenvalue weighted by Gasteiger charge is 2.19. The van der Waals surface area contributed by atoms with Crippen molar-refractivity contribution in [1.29, 1.82) is 0 Å². The van der Waals surface area contributed by atoms with Gasteiger partial charge < -0.3 is 10.3 Å². The number of rotatable bonds is 3. The van der Waals surface area contributed by atoms with E-state index in [0.717, 1.165) is 17.0 Å². The molecule has 0 aliphatic heterocycles. The monoisotopic (exact) mass is 331 g/mol. The lowest BCUT2D eigenvalue weighted by molar-refractivity contribution is 0.0954. The molecule has 3 rings (SSSR count). The van der Waals surface area contributed by atoms with E-state index in [0.29, 0.717) is 27.2 Å². The van der Waals surface area contributed by atoms with E-state index in [-0.39, 0.29) is 11.5 Å². The van der Waals surface area contributed by atoms with E-state index in [1.165, 1.54) is 17.7 Å². The lowest BCUT2D eigenvalue weighted by atomic mass is 10.2. The van der Waals surface area contributed by atoms with Gasteiger partial charge in [-0.3, -0.25) is 14.3 Å². The van der Waals surface area contributed by atoms with Crippen LogP contribution in [0.2, 0.25) is 0 Å². The minimum atomic E-state index is -0.221. The second-order valence-corrected chi connectivity index (χ2v) is 6.42. The zero-order chi connectivity index (χ0) is 16.7. The van der Waals surface area contributed by atoms with Gasteiger partial charge in [-0.2, -0.15) is 5.10 Å². The Kier molecular flexibility index (Phi) is 3.77. The van der Waals surface area contributed by atoms with Crippen molar-refractivity contribution in [3.63, 3.8) is 0 Å². The van der Waals surface area contributed by atoms with Crippen LogP contribution in [0.5, 0.6) is 0 Å². The molecule has 0 bridgehead atoms. The standard InChI is InChI=1S/C15H17N5O2S/c1-7-11-13(21)17-6-18-15(11)23-12(7)14(22)16-5-10-8(2)19-20(4)9(10)3/h6H,5H2,1-4H3,(H,16,22)(H,17,18,21). The molecule has 8 heteroatoms. The molecule has 3 aromatic rings. The van der Waals surface area contributed by atoms with Crippen LogP contribution in [0.15, 0.2) is 11.1 Å². The number of H-pyrrole nitrogens is 1. The summed E-state index contributed by atoms with van der Waals surface area (Å²) in [5, 5.41) is 7.73. The summed E-state index contributed by atoms with van der Waals surface area (Å²) in [5.74, 6) is -0.201. The van der Waals surface area contributed by atoms with Crippen molar-refractivity contribution in [2.75, 3.05) is 0 Å². The molecule has 23 heavy (non-hydrogen) atoms. The average Bonchev–Trinajstić information content (AvgIpc) is 2.96. The number of carbonyl (C=O) groups excluding carboxylic acids is 1. The Morgan fingerprint density at radius 1 is 1.39 bits per heavy atom. The van der Waals surface area contributed by atoms with Crippen LogP contribution in [0.3, 0.4) is 0 Å². The SMILES string of the molecule is Cc1nn(C)c(C)c1CNC(=O)c1sc2nc[nH]c(=O)c2c1C. The fourth-order valence-electron chi connectivity index (χ4n) is 2.62. The molecule has 0 saturated carbocycles. The first-order chi connectivity index (χ1) is 10.9. The molecule has 7 nitrogen and oxygen atoms in total. The van der Waals surface area contributed by atoms with E-state index in [4.69, 9.17) is 0 Å². The molecule has 0 atom stereocenters. The van der Waals surface area contributed by atoms with Crippen LogP contribution in [-0.2, 0) is 13.6 Å². The highest BCUT2D eigenvalue weighted by Crippen LogP contribution is 2.26. The molecular formula is C15H17N5O2S. The fourth-order valence-corrected chi connectivity index (χ4v) is 3.68. The van der Waals surface area contributed by atoms with Gasteiger partial charge in [-0.15, -0.1) is 11.3 Å². The number of aromatic nitrogens is 4. The lowest BCUT2D eigenvalue weighted by Gasteiger charge is -2.05. The van der Waals surface area contributed by atoms with E-state index >= 15 is 0 Å². The number of aromatic amines is 1. The molecule has 0 unspecified atom stereocenters. The predicted octanol–water partition coefficient (Wildman–Crippen LogP) is 1.57. The molecule has 0 aromatic carbocycles. The normalized spacial score (nSPS) is 11.1. The van der Waals surface area contributed by atoms with Gasteiger partial charge in [0.2, 0.25) is 0 Å². The minimum absolute atomic E-state index is 0.201. The number of aryl methyl sites for hydroxylation is 3. The maximum absolute atomic E-state index is 12.5. The van der Waals surface area contributed by atoms with Crippen molar-refractivity contribution in [3.05, 3.63) is 44.1 Å². The number of hydrogen-bond donors (Lipinski definition) is 2. The van der Waals surface area contributed by atoms with Gasteiger partial charge in [0.25, 0.3) is 11.5 Å². The van der Waals surface area contributed by atoms with E-state index in [9.17, 15) is 9.59 Å². The van der Waals surface area contributed by atoms with Gasteiger partial charge in [0, 0.05) is 24.8 Å². The lowest BCUT2D eigenvalue weighted by Crippen LogP contribution is -2.23. The third kappa shape index (κ3) is 2.55. The number of amides is 1. The maximum atomic E-state index is 12.5. The second kappa shape index (κ2) is 5.62. The zero-order valence-electron chi connectivity index (χ0n) is 13.4. The smallest absolute Gasteiger partial charge is 0.261 e. The molecule has 120 valence electrons. The van der Waals surface area contributed by atoms with Crippen molar-refractivity contribution >= 4 is 27.5 Å². The highest BCUT2D eigenvalue weighted by molar-refractivity contribution is 7.20. The van der Waals surface area contributed by atoms with Crippen LogP contribution in [0.4, 0.5) is 0 Å². The number of fused-ring (bicyclic) bond motifs is 1. The molecule has 3 heterocycles. The summed E-state index contributed by atoms with van der Waals surface area (Å²) in [4.78, 5) is 32.1. The quantitative estimate of drug-likeness (QED) is 0.762. The Hall–Kier alpha value is -2.48. The van der Waals surface area contributed by atoms with Crippen molar-refractivity contribution < 1.29 is 4.79 Å². The Balaban J connectivity index is 1.88. The Bertz CT molecular complexity index is 966. The minimum Gasteiger partial charge on any atom is -0.347 e. The molecular weight excluding hydrogens is 314 g/mol. The average molecular weight is 331 g/mol. The summed E-state index contributed by atoms with van der Waals surface area (Å²) in [6, 6.07) is 0. The van der Waals surface area contributed by atoms with Crippen LogP contribution in [0, 0.1) is 20.8 Å². The van der Waals surface area contributed by atoms with Crippen molar-refractivity contribution in [1.82, 2.24) is 25.1 Å². The number of nitrogens with zero attached hydrogens (tertiary/aromatic N) is 3. The third-order valence-electron chi connectivity index (χ3n) is 4.02. The highest BCUT2D eigenvalue weighted by atomic mass is 32.1. The Morgan fingerprint density at radius 3 is 2.74 bits per heavy atom. The van der Waals surface area contributed by atoms with E-state index < -0.39 is 0 Å². The van der Waals surface area contributed by atoms with Crippen LogP contribution in [0.1, 0.15) is 32.2 Å². The van der Waals surface area contributed by atoms with Gasteiger partial charge in [0.15, 0.2) is 0 Å². The van der Waals surface area contributed by atoms with E-state index in [1.807, 2.05) is 20.9 Å². The first-order valence-electron chi connectivity index (χ1n) is 7.14. The first kappa shape index (κ1) is 15.4. The zero-order valence-corrected chi connectivity index (χ0v) is 14.2. The van der Waals surface area contributed by atoms with Gasteiger partial charge in [0.05, 0.1) is 22.3 Å². The van der Waals surface area contributed by atoms with Crippen LogP contribution >= 0.6 is 11.3 Å². The van der Waals surface area contributed by atoms with Gasteiger partial charge in [-0.05, 0) is 26.3 Å². The Morgan fingerprint density at radius 2 is 2.13 bits per heavy atom. The summed E-state index contributed by atoms with van der Waals surface area (Å²) >= 11 is 1.23. The molecule has 0 spiro atoms. The number of hydrogen-bond acceptors (Lipinski definition) is 5. The fraction of sp³-hybridized carbons (Fsp3) is 0.333. The van der Waals surface area contributed by atoms with Gasteiger partial charge in [-0.25, -0.2) is 4.98 Å². The molecule has 0 saturated heterocycles. The third-order valence-corrected chi connectivity index (χ3v) is 5.22. The van der Waals surface area contributed by atoms with Gasteiger partial charge in [0.1, 0.15) is 4.83 Å². The van der Waals surface area contributed by atoms with E-state index in [2.05, 4.69) is 20.4 Å². The molecule has 0 aliphatic carbocycles. The topological polar surface area (TPSA) is 92.7 Å². The Labute approximate surface area is 136 Å². The summed E-state index contributed by atoms with van der Waals surface area (Å²) in [6.07, 6.45) is 1.35. The number of nitrogens with one attached hydrogen (secondary N) is 2. The summed E-state index contributed by atoms with van der Waals surface area (Å²) < 4.78 is 1.80. The molecule has 2 N–H and O–H groups in total. The second-order valence-electron chi connectivity index (χ2n) is 5.42. The van der Waals surface area contributed by atoms with Crippen LogP contribution < -0.4 is 10.9 Å².